The van der Waals surface area contributed by atoms with E-state index in [1.165, 1.54) is 0 Å². The SMILES string of the molecule is CC(C)(C)c1cc(N2CCC(F)(F)C2)c2nnn(Cc3ccccc3I)c2n1. The Labute approximate surface area is 176 Å². The third kappa shape index (κ3) is 3.70. The Bertz CT molecular complexity index is 1030. The molecule has 3 heterocycles. The van der Waals surface area contributed by atoms with Crippen molar-refractivity contribution in [3.8, 4) is 0 Å². The summed E-state index contributed by atoms with van der Waals surface area (Å²) in [7, 11) is 0. The molecule has 1 saturated heterocycles. The van der Waals surface area contributed by atoms with E-state index in [1.54, 1.807) is 9.58 Å². The van der Waals surface area contributed by atoms with Gasteiger partial charge in [-0.25, -0.2) is 18.4 Å². The van der Waals surface area contributed by atoms with Crippen LogP contribution in [0.1, 0.15) is 38.4 Å². The van der Waals surface area contributed by atoms with E-state index in [1.807, 2.05) is 30.3 Å². The van der Waals surface area contributed by atoms with Crippen LogP contribution < -0.4 is 4.90 Å². The molecule has 1 aromatic carbocycles. The molecule has 0 aliphatic carbocycles. The van der Waals surface area contributed by atoms with Crippen LogP contribution in [0.4, 0.5) is 14.5 Å². The highest BCUT2D eigenvalue weighted by molar-refractivity contribution is 14.1. The van der Waals surface area contributed by atoms with Gasteiger partial charge >= 0.3 is 0 Å². The van der Waals surface area contributed by atoms with E-state index in [4.69, 9.17) is 4.98 Å². The fourth-order valence-electron chi connectivity index (χ4n) is 3.39. The Hall–Kier alpha value is -1.84. The van der Waals surface area contributed by atoms with Crippen molar-refractivity contribution in [2.45, 2.75) is 45.1 Å². The first-order chi connectivity index (χ1) is 13.1. The molecule has 3 aromatic rings. The fourth-order valence-corrected chi connectivity index (χ4v) is 3.95. The maximum absolute atomic E-state index is 13.9. The first-order valence-corrected chi connectivity index (χ1v) is 10.3. The second kappa shape index (κ2) is 6.89. The van der Waals surface area contributed by atoms with Crippen LogP contribution in [0.3, 0.4) is 0 Å². The molecule has 8 heteroatoms. The van der Waals surface area contributed by atoms with Crippen LogP contribution in [-0.2, 0) is 12.0 Å². The molecule has 0 amide bonds. The molecular weight excluding hydrogens is 475 g/mol. The minimum atomic E-state index is -2.67. The van der Waals surface area contributed by atoms with Gasteiger partial charge in [0.2, 0.25) is 0 Å². The molecule has 0 atom stereocenters. The average molecular weight is 497 g/mol. The Balaban J connectivity index is 1.84. The number of anilines is 1. The van der Waals surface area contributed by atoms with E-state index in [0.717, 1.165) is 14.8 Å². The van der Waals surface area contributed by atoms with Gasteiger partial charge in [-0.1, -0.05) is 44.2 Å². The van der Waals surface area contributed by atoms with Crippen molar-refractivity contribution in [2.75, 3.05) is 18.0 Å². The van der Waals surface area contributed by atoms with Gasteiger partial charge in [-0.15, -0.1) is 5.10 Å². The Kier molecular flexibility index (Phi) is 4.79. The van der Waals surface area contributed by atoms with Crippen LogP contribution in [0.5, 0.6) is 0 Å². The highest BCUT2D eigenvalue weighted by atomic mass is 127. The number of halogens is 3. The summed E-state index contributed by atoms with van der Waals surface area (Å²) >= 11 is 2.30. The van der Waals surface area contributed by atoms with E-state index in [2.05, 4.69) is 53.7 Å². The number of rotatable bonds is 3. The summed E-state index contributed by atoms with van der Waals surface area (Å²) in [4.78, 5) is 6.53. The van der Waals surface area contributed by atoms with Gasteiger partial charge in [-0.3, -0.25) is 0 Å². The van der Waals surface area contributed by atoms with Gasteiger partial charge in [0.05, 0.1) is 24.5 Å². The molecule has 0 spiro atoms. The van der Waals surface area contributed by atoms with Crippen LogP contribution in [0.25, 0.3) is 11.2 Å². The smallest absolute Gasteiger partial charge is 0.266 e. The summed E-state index contributed by atoms with van der Waals surface area (Å²) in [5.41, 5.74) is 3.65. The Morgan fingerprint density at radius 2 is 1.96 bits per heavy atom. The lowest BCUT2D eigenvalue weighted by atomic mass is 9.91. The molecule has 0 radical (unpaired) electrons. The van der Waals surface area contributed by atoms with Crippen LogP contribution in [-0.4, -0.2) is 39.0 Å². The molecule has 0 unspecified atom stereocenters. The lowest BCUT2D eigenvalue weighted by Crippen LogP contribution is -2.26. The monoisotopic (exact) mass is 497 g/mol. The van der Waals surface area contributed by atoms with E-state index < -0.39 is 5.92 Å². The molecular formula is C20H22F2IN5. The minimum absolute atomic E-state index is 0.141. The predicted octanol–water partition coefficient (Wildman–Crippen LogP) is 4.62. The summed E-state index contributed by atoms with van der Waals surface area (Å²) in [6.07, 6.45) is -0.141. The van der Waals surface area contributed by atoms with Crippen molar-refractivity contribution < 1.29 is 8.78 Å². The van der Waals surface area contributed by atoms with Gasteiger partial charge < -0.3 is 4.90 Å². The van der Waals surface area contributed by atoms with E-state index in [0.29, 0.717) is 29.9 Å². The molecule has 0 bridgehead atoms. The molecule has 4 rings (SSSR count). The molecule has 2 aromatic heterocycles. The first kappa shape index (κ1) is 19.5. The van der Waals surface area contributed by atoms with Gasteiger partial charge in [0.15, 0.2) is 11.2 Å². The highest BCUT2D eigenvalue weighted by Crippen LogP contribution is 2.36. The average Bonchev–Trinajstić information content (AvgIpc) is 3.18. The topological polar surface area (TPSA) is 46.8 Å². The molecule has 1 fully saturated rings. The highest BCUT2D eigenvalue weighted by Gasteiger charge is 2.39. The number of aromatic nitrogens is 4. The molecule has 5 nitrogen and oxygen atoms in total. The number of pyridine rings is 1. The standard InChI is InChI=1S/C20H22F2IN5/c1-19(2,3)16-10-15(27-9-8-20(21,22)12-27)17-18(24-16)28(26-25-17)11-13-6-4-5-7-14(13)23/h4-7,10H,8-9,11-12H2,1-3H3. The second-order valence-corrected chi connectivity index (χ2v) is 9.48. The molecule has 0 saturated carbocycles. The molecule has 148 valence electrons. The summed E-state index contributed by atoms with van der Waals surface area (Å²) in [6.45, 7) is 6.75. The quantitative estimate of drug-likeness (QED) is 0.496. The van der Waals surface area contributed by atoms with E-state index in [-0.39, 0.29) is 18.4 Å². The number of nitrogens with zero attached hydrogens (tertiary/aromatic N) is 5. The largest absolute Gasteiger partial charge is 0.363 e. The van der Waals surface area contributed by atoms with Crippen molar-refractivity contribution in [2.24, 2.45) is 0 Å². The summed E-state index contributed by atoms with van der Waals surface area (Å²) in [5.74, 6) is -2.67. The molecule has 1 aliphatic rings. The van der Waals surface area contributed by atoms with Gasteiger partial charge in [0, 0.05) is 22.0 Å². The maximum atomic E-state index is 13.9. The minimum Gasteiger partial charge on any atom is -0.363 e. The van der Waals surface area contributed by atoms with Gasteiger partial charge in [0.1, 0.15) is 0 Å². The number of hydrogen-bond acceptors (Lipinski definition) is 4. The van der Waals surface area contributed by atoms with Gasteiger partial charge in [0.25, 0.3) is 5.92 Å². The number of benzene rings is 1. The zero-order valence-electron chi connectivity index (χ0n) is 16.1. The zero-order valence-corrected chi connectivity index (χ0v) is 18.2. The fraction of sp³-hybridized carbons (Fsp3) is 0.450. The van der Waals surface area contributed by atoms with Crippen molar-refractivity contribution in [1.82, 2.24) is 20.0 Å². The number of hydrogen-bond donors (Lipinski definition) is 0. The second-order valence-electron chi connectivity index (χ2n) is 8.31. The molecule has 0 N–H and O–H groups in total. The van der Waals surface area contributed by atoms with Crippen LogP contribution in [0, 0.1) is 3.57 Å². The van der Waals surface area contributed by atoms with Gasteiger partial charge in [-0.05, 0) is 40.3 Å². The van der Waals surface area contributed by atoms with Crippen molar-refractivity contribution >= 4 is 39.4 Å². The van der Waals surface area contributed by atoms with Crippen molar-refractivity contribution in [3.05, 3.63) is 45.2 Å². The van der Waals surface area contributed by atoms with E-state index >= 15 is 0 Å². The lowest BCUT2D eigenvalue weighted by molar-refractivity contribution is 0.0257. The summed E-state index contributed by atoms with van der Waals surface area (Å²) in [5, 5.41) is 8.63. The maximum Gasteiger partial charge on any atom is 0.266 e. The van der Waals surface area contributed by atoms with Crippen LogP contribution in [0.15, 0.2) is 30.3 Å². The molecule has 28 heavy (non-hydrogen) atoms. The lowest BCUT2D eigenvalue weighted by Gasteiger charge is -2.23. The molecule has 1 aliphatic heterocycles. The third-order valence-electron chi connectivity index (χ3n) is 5.01. The predicted molar refractivity (Wildman–Crippen MR) is 114 cm³/mol. The summed E-state index contributed by atoms with van der Waals surface area (Å²) < 4.78 is 30.6. The van der Waals surface area contributed by atoms with Gasteiger partial charge in [-0.2, -0.15) is 0 Å². The van der Waals surface area contributed by atoms with Crippen molar-refractivity contribution in [3.63, 3.8) is 0 Å². The zero-order chi connectivity index (χ0) is 20.1. The third-order valence-corrected chi connectivity index (χ3v) is 6.06. The Morgan fingerprint density at radius 3 is 2.61 bits per heavy atom. The number of alkyl halides is 2. The van der Waals surface area contributed by atoms with E-state index in [9.17, 15) is 8.78 Å². The van der Waals surface area contributed by atoms with Crippen LogP contribution in [0.2, 0.25) is 0 Å². The Morgan fingerprint density at radius 1 is 1.21 bits per heavy atom. The number of fused-ring (bicyclic) bond motifs is 1. The first-order valence-electron chi connectivity index (χ1n) is 9.25. The normalized spacial score (nSPS) is 16.9. The van der Waals surface area contributed by atoms with Crippen LogP contribution >= 0.6 is 22.6 Å². The summed E-state index contributed by atoms with van der Waals surface area (Å²) in [6, 6.07) is 9.97. The van der Waals surface area contributed by atoms with Crippen molar-refractivity contribution in [1.29, 1.82) is 0 Å².